The van der Waals surface area contributed by atoms with Crippen LogP contribution in [0.2, 0.25) is 0 Å². The molecule has 0 fully saturated rings. The molecule has 0 saturated heterocycles. The van der Waals surface area contributed by atoms with Gasteiger partial charge in [0.25, 0.3) is 35.4 Å². The molecule has 42 nitrogen and oxygen atoms in total. The maximum absolute atomic E-state index is 14.2. The second-order valence-electron chi connectivity index (χ2n) is 27.9. The third-order valence-electron chi connectivity index (χ3n) is 19.5. The fourth-order valence-corrected chi connectivity index (χ4v) is 17.8. The summed E-state index contributed by atoms with van der Waals surface area (Å²) < 4.78 is 81.9. The molecule has 6 aromatic carbocycles. The summed E-state index contributed by atoms with van der Waals surface area (Å²) in [7, 11) is -21.1. The molecule has 6 aromatic heterocycles. The summed E-state index contributed by atoms with van der Waals surface area (Å²) in [6.45, 7) is 0. The fraction of sp³-hybridized carbons (Fsp3) is 0.137. The van der Waals surface area contributed by atoms with Crippen LogP contribution in [0, 0.1) is 5.92 Å². The number of benzene rings is 6. The SMILES string of the molecule is Cn1cc(NC(C=O)C(C(C=O)Nc2cc(C(=O)Nc3cc(C(=O)Nc4ccc(P(=O)(O)O)c5cc(P(=O)(O)O)ccc45)n(C)c3)n(C)c2)C(C=O)Nc2cc(C(=O)Nc3cc(C(=O)Nc4ccc(P(=O)(O)O)c5cc(P(=O)(O)O)ccc45)n(C)c3)n(C)c2)cc1C(=O)Nc1cc(C(=O)Nc2ccc(P(=O)(O)O)c3cc(P(=O)(O)O)ccc23)n(C)c1. The number of nitrogens with zero attached hydrogens (tertiary/aromatic N) is 6. The number of amides is 6. The molecule has 0 bridgehead atoms. The molecular formula is C73H73N15O27P6. The van der Waals surface area contributed by atoms with E-state index < -0.39 is 137 Å². The lowest BCUT2D eigenvalue weighted by Gasteiger charge is -2.34. The summed E-state index contributed by atoms with van der Waals surface area (Å²) in [5, 5.41) is 20.8. The Morgan fingerprint density at radius 2 is 0.479 bits per heavy atom. The minimum atomic E-state index is -5.04. The van der Waals surface area contributed by atoms with Gasteiger partial charge in [-0.25, -0.2) is 0 Å². The van der Waals surface area contributed by atoms with Crippen LogP contribution in [0.25, 0.3) is 32.3 Å². The number of carbonyl (C=O) groups excluding carboxylic acids is 9. The van der Waals surface area contributed by atoms with Crippen LogP contribution in [-0.2, 0) is 84.1 Å². The maximum Gasteiger partial charge on any atom is 0.356 e. The molecule has 0 radical (unpaired) electrons. The lowest BCUT2D eigenvalue weighted by molar-refractivity contribution is -0.113. The third kappa shape index (κ3) is 19.1. The van der Waals surface area contributed by atoms with E-state index in [-0.39, 0.29) is 118 Å². The molecule has 6 amide bonds. The van der Waals surface area contributed by atoms with E-state index in [1.165, 1.54) is 180 Å². The number of anilines is 9. The van der Waals surface area contributed by atoms with Crippen molar-refractivity contribution >= 4 is 215 Å². The van der Waals surface area contributed by atoms with Gasteiger partial charge in [-0.2, -0.15) is 0 Å². The Labute approximate surface area is 681 Å². The maximum atomic E-state index is 14.2. The predicted molar refractivity (Wildman–Crippen MR) is 446 cm³/mol. The Balaban J connectivity index is 0.792. The van der Waals surface area contributed by atoms with Crippen LogP contribution < -0.4 is 79.7 Å². The van der Waals surface area contributed by atoms with Crippen molar-refractivity contribution in [1.29, 1.82) is 0 Å². The largest absolute Gasteiger partial charge is 0.374 e. The summed E-state index contributed by atoms with van der Waals surface area (Å²) in [6, 6.07) is 18.9. The third-order valence-corrected chi connectivity index (χ3v) is 25.4. The summed E-state index contributed by atoms with van der Waals surface area (Å²) in [6.07, 6.45) is 9.39. The molecule has 0 spiro atoms. The zero-order valence-electron chi connectivity index (χ0n) is 63.5. The predicted octanol–water partition coefficient (Wildman–Crippen LogP) is 3.46. The first-order valence-electron chi connectivity index (χ1n) is 35.1. The van der Waals surface area contributed by atoms with E-state index in [9.17, 15) is 129 Å². The van der Waals surface area contributed by atoms with Gasteiger partial charge in [0.15, 0.2) is 0 Å². The van der Waals surface area contributed by atoms with E-state index in [0.29, 0.717) is 18.9 Å². The number of nitrogens with one attached hydrogen (secondary N) is 9. The normalized spacial score (nSPS) is 13.2. The van der Waals surface area contributed by atoms with Gasteiger partial charge in [0, 0.05) is 135 Å². The fourth-order valence-electron chi connectivity index (χ4n) is 13.8. The molecule has 3 atom stereocenters. The highest BCUT2D eigenvalue weighted by Gasteiger charge is 2.39. The molecule has 632 valence electrons. The summed E-state index contributed by atoms with van der Waals surface area (Å²) in [5.74, 6) is -6.30. The van der Waals surface area contributed by atoms with Gasteiger partial charge in [-0.15, -0.1) is 0 Å². The molecule has 12 rings (SSSR count). The molecule has 0 saturated carbocycles. The average Bonchev–Trinajstić information content (AvgIpc) is 1.61. The lowest BCUT2D eigenvalue weighted by Crippen LogP contribution is -2.52. The number of hydrogen-bond acceptors (Lipinski definition) is 18. The van der Waals surface area contributed by atoms with E-state index in [2.05, 4.69) is 47.9 Å². The molecule has 121 heavy (non-hydrogen) atoms. The number of carbonyl (C=O) groups is 9. The van der Waals surface area contributed by atoms with Crippen LogP contribution in [0.1, 0.15) is 62.9 Å². The van der Waals surface area contributed by atoms with Gasteiger partial charge in [0.2, 0.25) is 0 Å². The monoisotopic (exact) mass is 1780 g/mol. The molecule has 0 aliphatic heterocycles. The van der Waals surface area contributed by atoms with E-state index >= 15 is 0 Å². The second-order valence-corrected chi connectivity index (χ2v) is 37.4. The average molecular weight is 1780 g/mol. The molecular weight excluding hydrogens is 1700 g/mol. The van der Waals surface area contributed by atoms with E-state index in [1.807, 2.05) is 0 Å². The van der Waals surface area contributed by atoms with Crippen LogP contribution in [0.15, 0.2) is 165 Å². The number of hydrogen-bond donors (Lipinski definition) is 21. The van der Waals surface area contributed by atoms with Crippen molar-refractivity contribution in [2.24, 2.45) is 48.2 Å². The van der Waals surface area contributed by atoms with E-state index in [1.54, 1.807) is 0 Å². The molecule has 6 heterocycles. The highest BCUT2D eigenvalue weighted by Crippen LogP contribution is 2.45. The number of fused-ring (bicyclic) bond motifs is 3. The summed E-state index contributed by atoms with van der Waals surface area (Å²) >= 11 is 0. The Morgan fingerprint density at radius 1 is 0.273 bits per heavy atom. The van der Waals surface area contributed by atoms with Gasteiger partial charge in [0.05, 0.1) is 84.1 Å². The Kier molecular flexibility index (Phi) is 24.4. The highest BCUT2D eigenvalue weighted by molar-refractivity contribution is 7.62. The smallest absolute Gasteiger partial charge is 0.356 e. The zero-order valence-corrected chi connectivity index (χ0v) is 68.9. The molecule has 12 aromatic rings. The second kappa shape index (κ2) is 33.5. The first-order valence-corrected chi connectivity index (χ1v) is 44.8. The minimum Gasteiger partial charge on any atom is -0.374 e. The molecule has 0 aliphatic rings. The molecule has 3 unspecified atom stereocenters. The van der Waals surface area contributed by atoms with Crippen LogP contribution in [0.3, 0.4) is 0 Å². The van der Waals surface area contributed by atoms with Crippen molar-refractivity contribution in [1.82, 2.24) is 27.4 Å². The Morgan fingerprint density at radius 3 is 0.686 bits per heavy atom. The first-order chi connectivity index (χ1) is 56.5. The Bertz CT molecular complexity index is 6020. The van der Waals surface area contributed by atoms with Crippen molar-refractivity contribution in [3.05, 3.63) is 199 Å². The Hall–Kier alpha value is -12.1. The van der Waals surface area contributed by atoms with Crippen molar-refractivity contribution in [2.45, 2.75) is 18.1 Å². The van der Waals surface area contributed by atoms with Crippen LogP contribution in [0.5, 0.6) is 0 Å². The highest BCUT2D eigenvalue weighted by atomic mass is 31.2. The number of aldehydes is 3. The molecule has 21 N–H and O–H groups in total. The molecule has 0 aliphatic carbocycles. The minimum absolute atomic E-state index is 0.00979. The van der Waals surface area contributed by atoms with Crippen LogP contribution in [-0.4, -0.2) is 159 Å². The van der Waals surface area contributed by atoms with Crippen molar-refractivity contribution in [3.63, 3.8) is 0 Å². The van der Waals surface area contributed by atoms with Gasteiger partial charge >= 0.3 is 45.6 Å². The summed E-state index contributed by atoms with van der Waals surface area (Å²) in [4.78, 5) is 245. The van der Waals surface area contributed by atoms with Gasteiger partial charge in [-0.3, -0.25) is 56.2 Å². The number of rotatable bonds is 30. The topological polar surface area (TPSA) is 637 Å². The van der Waals surface area contributed by atoms with Crippen LogP contribution in [0.4, 0.5) is 51.2 Å². The quantitative estimate of drug-likeness (QED) is 0.0226. The molecule has 48 heteroatoms. The van der Waals surface area contributed by atoms with Gasteiger partial charge in [-0.05, 0) is 109 Å². The first kappa shape index (κ1) is 88.2. The lowest BCUT2D eigenvalue weighted by atomic mass is 9.85. The van der Waals surface area contributed by atoms with Crippen molar-refractivity contribution < 1.29 is 129 Å². The van der Waals surface area contributed by atoms with Crippen molar-refractivity contribution in [2.75, 3.05) is 47.9 Å². The van der Waals surface area contributed by atoms with E-state index in [4.69, 9.17) is 0 Å². The van der Waals surface area contributed by atoms with Gasteiger partial charge < -0.3 is 148 Å². The zero-order chi connectivity index (χ0) is 88.4. The number of aromatic nitrogens is 6. The van der Waals surface area contributed by atoms with Crippen molar-refractivity contribution in [3.8, 4) is 0 Å². The van der Waals surface area contributed by atoms with Crippen LogP contribution >= 0.6 is 45.6 Å². The number of aryl methyl sites for hydroxylation is 6. The van der Waals surface area contributed by atoms with E-state index in [0.717, 1.165) is 54.6 Å². The van der Waals surface area contributed by atoms with Gasteiger partial charge in [0.1, 0.15) is 53.0 Å². The van der Waals surface area contributed by atoms with Gasteiger partial charge in [-0.1, -0.05) is 18.2 Å². The summed E-state index contributed by atoms with van der Waals surface area (Å²) in [5.41, 5.74) is -0.140. The standard InChI is InChI=1S/C73H73N15O27P6/c1-83-28-37(19-58(83)68(92)77-40-22-61(86(4)31-40)71(95)80-52-13-16-64(119(107,108)109)49-25-43(116(98,99)100)7-10-46(49)52)74-55(34-89)67(56(35-90)75-38-20-59(84(2)29-38)69(93)78-41-23-62(87(5)32-41)72(96)81-53-14-17-65(120(110,111)112)50-26-44(117(101,102)103)8-11-47(50)53)57(36-91)76-39-21-60(85(3)30-39)70(94)79-42-24-63(88(6)33-42)73(97)82-54-15-18-66(121(113,114)115)51-27-45(118(104,105)106)9-12-48(51)54/h7-36,55-57,67,74-76H,1-6H3,(H,77,92)(H,78,93)(H,79,94)(H,80,95)(H,81,96)(H,82,97)(H2,98,99,100)(H2,101,102,103)(H2,104,105,106)(H2,107,108,109)(H2,110,111,112)(H2,113,114,115).